The molecule has 32 heavy (non-hydrogen) atoms. The highest BCUT2D eigenvalue weighted by Crippen LogP contribution is 2.56. The lowest BCUT2D eigenvalue weighted by molar-refractivity contribution is -0.127. The summed E-state index contributed by atoms with van der Waals surface area (Å²) in [4.78, 5) is 17.6. The van der Waals surface area contributed by atoms with Crippen LogP contribution in [0.1, 0.15) is 42.5 Å². The molecule has 0 radical (unpaired) electrons. The van der Waals surface area contributed by atoms with Crippen LogP contribution >= 0.6 is 0 Å². The molecule has 3 aromatic rings. The Labute approximate surface area is 184 Å². The molecule has 0 saturated heterocycles. The maximum Gasteiger partial charge on any atom is 0.230 e. The molecule has 2 bridgehead atoms. The Morgan fingerprint density at radius 1 is 1.09 bits per heavy atom. The number of rotatable bonds is 7. The topological polar surface area (TPSA) is 77.2 Å². The number of nitrogens with zero attached hydrogens (tertiary/aromatic N) is 2. The van der Waals surface area contributed by atoms with E-state index in [0.29, 0.717) is 23.4 Å². The average molecular weight is 439 g/mol. The third-order valence-corrected chi connectivity index (χ3v) is 6.58. The van der Waals surface area contributed by atoms with E-state index >= 15 is 0 Å². The Morgan fingerprint density at radius 2 is 1.91 bits per heavy atom. The fraction of sp³-hybridized carbons (Fsp3) is 0.375. The number of halogens is 2. The Bertz CT molecular complexity index is 1100. The maximum atomic E-state index is 13.9. The highest BCUT2D eigenvalue weighted by Gasteiger charge is 2.53. The first-order valence-corrected chi connectivity index (χ1v) is 10.8. The summed E-state index contributed by atoms with van der Waals surface area (Å²) in [5.41, 5.74) is 0.121. The molecular weight excluding hydrogens is 416 g/mol. The lowest BCUT2D eigenvalue weighted by Gasteiger charge is -2.27. The predicted octanol–water partition coefficient (Wildman–Crippen LogP) is 4.37. The quantitative estimate of drug-likeness (QED) is 0.592. The maximum absolute atomic E-state index is 13.9. The van der Waals surface area contributed by atoms with Gasteiger partial charge >= 0.3 is 0 Å². The van der Waals surface area contributed by atoms with Gasteiger partial charge in [-0.1, -0.05) is 35.5 Å². The summed E-state index contributed by atoms with van der Waals surface area (Å²) in [5, 5.41) is 6.82. The van der Waals surface area contributed by atoms with Gasteiger partial charge in [-0.3, -0.25) is 4.79 Å². The molecule has 6 nitrogen and oxygen atoms in total. The molecule has 2 aliphatic carbocycles. The van der Waals surface area contributed by atoms with Gasteiger partial charge in [0.25, 0.3) is 0 Å². The highest BCUT2D eigenvalue weighted by molar-refractivity contribution is 5.80. The van der Waals surface area contributed by atoms with Crippen molar-refractivity contribution in [3.8, 4) is 5.75 Å². The van der Waals surface area contributed by atoms with Gasteiger partial charge in [-0.2, -0.15) is 4.98 Å². The van der Waals surface area contributed by atoms with E-state index in [-0.39, 0.29) is 42.4 Å². The van der Waals surface area contributed by atoms with Gasteiger partial charge < -0.3 is 14.6 Å². The van der Waals surface area contributed by atoms with E-state index < -0.39 is 11.6 Å². The molecule has 8 heteroatoms. The number of amides is 1. The van der Waals surface area contributed by atoms with Gasteiger partial charge in [0.05, 0.1) is 11.8 Å². The summed E-state index contributed by atoms with van der Waals surface area (Å²) >= 11 is 0. The van der Waals surface area contributed by atoms with Crippen molar-refractivity contribution in [3.63, 3.8) is 0 Å². The van der Waals surface area contributed by atoms with Crippen molar-refractivity contribution < 1.29 is 22.8 Å². The SMILES string of the molecule is O=C(NCc1cccc(F)c1F)[C@H]1[C@H]2CC[C@H](C2)[C@@H]1c1nc(COc2ccccc2)no1. The van der Waals surface area contributed by atoms with Crippen molar-refractivity contribution in [3.05, 3.63) is 77.4 Å². The number of aromatic nitrogens is 2. The van der Waals surface area contributed by atoms with Crippen LogP contribution in [0, 0.1) is 29.4 Å². The van der Waals surface area contributed by atoms with Crippen molar-refractivity contribution in [2.45, 2.75) is 38.3 Å². The zero-order valence-corrected chi connectivity index (χ0v) is 17.3. The number of benzene rings is 2. The molecule has 0 aliphatic heterocycles. The van der Waals surface area contributed by atoms with Gasteiger partial charge in [-0.05, 0) is 49.3 Å². The lowest BCUT2D eigenvalue weighted by atomic mass is 9.78. The average Bonchev–Trinajstić information content (AvgIpc) is 3.55. The van der Waals surface area contributed by atoms with Crippen molar-refractivity contribution in [1.82, 2.24) is 15.5 Å². The second-order valence-corrected chi connectivity index (χ2v) is 8.47. The van der Waals surface area contributed by atoms with Crippen molar-refractivity contribution >= 4 is 5.91 Å². The van der Waals surface area contributed by atoms with Crippen LogP contribution in [0.4, 0.5) is 8.78 Å². The summed E-state index contributed by atoms with van der Waals surface area (Å²) in [6.07, 6.45) is 2.90. The number of nitrogens with one attached hydrogen (secondary N) is 1. The molecule has 166 valence electrons. The van der Waals surface area contributed by atoms with Gasteiger partial charge in [-0.25, -0.2) is 8.78 Å². The van der Waals surface area contributed by atoms with Crippen LogP contribution in [0.15, 0.2) is 53.1 Å². The predicted molar refractivity (Wildman–Crippen MR) is 110 cm³/mol. The van der Waals surface area contributed by atoms with Gasteiger partial charge in [0.1, 0.15) is 5.75 Å². The van der Waals surface area contributed by atoms with Crippen LogP contribution < -0.4 is 10.1 Å². The third-order valence-electron chi connectivity index (χ3n) is 6.58. The lowest BCUT2D eigenvalue weighted by Crippen LogP contribution is -2.37. The number of para-hydroxylation sites is 1. The van der Waals surface area contributed by atoms with Crippen molar-refractivity contribution in [2.75, 3.05) is 0 Å². The van der Waals surface area contributed by atoms with Crippen molar-refractivity contribution in [2.24, 2.45) is 17.8 Å². The largest absolute Gasteiger partial charge is 0.485 e. The molecule has 0 unspecified atom stereocenters. The molecule has 2 aromatic carbocycles. The Hall–Kier alpha value is -3.29. The van der Waals surface area contributed by atoms with E-state index in [1.54, 1.807) is 0 Å². The summed E-state index contributed by atoms with van der Waals surface area (Å²) in [5.74, 6) is -0.454. The minimum Gasteiger partial charge on any atom is -0.485 e. The van der Waals surface area contributed by atoms with Gasteiger partial charge in [0.2, 0.25) is 17.6 Å². The van der Waals surface area contributed by atoms with Crippen LogP contribution in [-0.4, -0.2) is 16.0 Å². The standard InChI is InChI=1S/C24H23F2N3O3/c25-18-8-4-5-16(22(18)26)12-27-23(30)20-14-9-10-15(11-14)21(20)24-28-19(29-32-24)13-31-17-6-2-1-3-7-17/h1-8,14-15,20-21H,9-13H2,(H,27,30)/t14-,15+,20-,21-/m0/s1. The summed E-state index contributed by atoms with van der Waals surface area (Å²) < 4.78 is 38.6. The highest BCUT2D eigenvalue weighted by atomic mass is 19.2. The van der Waals surface area contributed by atoms with E-state index in [9.17, 15) is 13.6 Å². The molecule has 1 heterocycles. The van der Waals surface area contributed by atoms with Crippen LogP contribution in [0.5, 0.6) is 5.75 Å². The number of ether oxygens (including phenoxy) is 1. The molecule has 2 saturated carbocycles. The summed E-state index contributed by atoms with van der Waals surface area (Å²) in [6, 6.07) is 13.3. The molecule has 1 N–H and O–H groups in total. The first-order valence-electron chi connectivity index (χ1n) is 10.8. The first kappa shape index (κ1) is 20.6. The molecule has 1 aromatic heterocycles. The van der Waals surface area contributed by atoms with E-state index in [1.165, 1.54) is 12.1 Å². The molecule has 2 aliphatic rings. The number of carbonyl (C=O) groups excluding carboxylic acids is 1. The second-order valence-electron chi connectivity index (χ2n) is 8.47. The van der Waals surface area contributed by atoms with Crippen LogP contribution in [-0.2, 0) is 17.9 Å². The molecule has 5 rings (SSSR count). The minimum atomic E-state index is -0.933. The molecule has 4 atom stereocenters. The van der Waals surface area contributed by atoms with Crippen LogP contribution in [0.2, 0.25) is 0 Å². The third kappa shape index (κ3) is 3.97. The number of fused-ring (bicyclic) bond motifs is 2. The molecule has 1 amide bonds. The van der Waals surface area contributed by atoms with Gasteiger partial charge in [0, 0.05) is 12.1 Å². The monoisotopic (exact) mass is 439 g/mol. The van der Waals surface area contributed by atoms with Crippen LogP contribution in [0.3, 0.4) is 0 Å². The molecule has 2 fully saturated rings. The minimum absolute atomic E-state index is 0.0664. The van der Waals surface area contributed by atoms with E-state index in [4.69, 9.17) is 9.26 Å². The van der Waals surface area contributed by atoms with Crippen molar-refractivity contribution in [1.29, 1.82) is 0 Å². The Kier molecular flexibility index (Phi) is 5.59. The second kappa shape index (κ2) is 8.68. The van der Waals surface area contributed by atoms with Gasteiger partial charge in [-0.15, -0.1) is 0 Å². The zero-order valence-electron chi connectivity index (χ0n) is 17.3. The summed E-state index contributed by atoms with van der Waals surface area (Å²) in [6.45, 7) is 0.104. The smallest absolute Gasteiger partial charge is 0.230 e. The number of hydrogen-bond donors (Lipinski definition) is 1. The van der Waals surface area contributed by atoms with E-state index in [0.717, 1.165) is 25.3 Å². The fourth-order valence-electron chi connectivity index (χ4n) is 5.14. The fourth-order valence-corrected chi connectivity index (χ4v) is 5.14. The van der Waals surface area contributed by atoms with Crippen LogP contribution in [0.25, 0.3) is 0 Å². The number of hydrogen-bond acceptors (Lipinski definition) is 5. The molecular formula is C24H23F2N3O3. The number of carbonyl (C=O) groups is 1. The zero-order chi connectivity index (χ0) is 22.1. The van der Waals surface area contributed by atoms with E-state index in [1.807, 2.05) is 30.3 Å². The van der Waals surface area contributed by atoms with Gasteiger partial charge in [0.15, 0.2) is 18.2 Å². The Morgan fingerprint density at radius 3 is 2.75 bits per heavy atom. The molecule has 0 spiro atoms. The first-order chi connectivity index (χ1) is 15.6. The summed E-state index contributed by atoms with van der Waals surface area (Å²) in [7, 11) is 0. The van der Waals surface area contributed by atoms with E-state index in [2.05, 4.69) is 15.5 Å². The Balaban J connectivity index is 1.27. The normalized spacial score (nSPS) is 23.9.